The molecule has 2 heterocycles. The normalized spacial score (nSPS) is 26.5. The first kappa shape index (κ1) is 20.6. The lowest BCUT2D eigenvalue weighted by Crippen LogP contribution is -2.20. The molecule has 3 unspecified atom stereocenters. The van der Waals surface area contributed by atoms with Crippen LogP contribution in [0.3, 0.4) is 0 Å². The van der Waals surface area contributed by atoms with Crippen LogP contribution in [-0.4, -0.2) is 27.5 Å². The van der Waals surface area contributed by atoms with Gasteiger partial charge in [-0.05, 0) is 55.2 Å². The second-order valence-corrected chi connectivity index (χ2v) is 8.82. The van der Waals surface area contributed by atoms with E-state index in [2.05, 4.69) is 24.4 Å². The second kappa shape index (κ2) is 9.87. The van der Waals surface area contributed by atoms with Crippen molar-refractivity contribution in [2.75, 3.05) is 0 Å². The van der Waals surface area contributed by atoms with E-state index in [-0.39, 0.29) is 11.8 Å². The molecule has 5 atom stereocenters. The molecule has 150 valence electrons. The van der Waals surface area contributed by atoms with Gasteiger partial charge < -0.3 is 19.7 Å². The summed E-state index contributed by atoms with van der Waals surface area (Å²) in [5.41, 5.74) is 0. The number of furan rings is 1. The predicted molar refractivity (Wildman–Crippen MR) is 108 cm³/mol. The fourth-order valence-corrected chi connectivity index (χ4v) is 5.04. The Morgan fingerprint density at radius 3 is 2.74 bits per heavy atom. The van der Waals surface area contributed by atoms with E-state index in [0.29, 0.717) is 24.4 Å². The molecule has 0 amide bonds. The number of aryl methyl sites for hydroxylation is 1. The van der Waals surface area contributed by atoms with Crippen molar-refractivity contribution in [2.24, 2.45) is 5.92 Å². The summed E-state index contributed by atoms with van der Waals surface area (Å²) in [6, 6.07) is 7.90. The lowest BCUT2D eigenvalue weighted by atomic mass is 9.87. The molecule has 27 heavy (non-hydrogen) atoms. The SMILES string of the molecule is CCCCCC(O)c1ccc(C2C(CCCc3cccs3)[C@H](O)C[C@H]2O)o1. The topological polar surface area (TPSA) is 73.8 Å². The van der Waals surface area contributed by atoms with E-state index in [1.807, 2.05) is 12.1 Å². The Labute approximate surface area is 165 Å². The first-order chi connectivity index (χ1) is 13.1. The van der Waals surface area contributed by atoms with Crippen molar-refractivity contribution in [3.63, 3.8) is 0 Å². The molecule has 4 nitrogen and oxygen atoms in total. The molecule has 0 aromatic carbocycles. The van der Waals surface area contributed by atoms with Gasteiger partial charge in [-0.25, -0.2) is 0 Å². The van der Waals surface area contributed by atoms with Crippen molar-refractivity contribution < 1.29 is 19.7 Å². The Bertz CT molecular complexity index is 666. The van der Waals surface area contributed by atoms with E-state index in [1.165, 1.54) is 4.88 Å². The number of aliphatic hydroxyl groups excluding tert-OH is 3. The van der Waals surface area contributed by atoms with Crippen molar-refractivity contribution >= 4 is 11.3 Å². The molecule has 0 aliphatic heterocycles. The molecule has 1 aliphatic rings. The van der Waals surface area contributed by atoms with Crippen LogP contribution in [0.15, 0.2) is 34.1 Å². The summed E-state index contributed by atoms with van der Waals surface area (Å²) < 4.78 is 5.94. The van der Waals surface area contributed by atoms with Crippen LogP contribution >= 0.6 is 11.3 Å². The van der Waals surface area contributed by atoms with Gasteiger partial charge in [0.2, 0.25) is 0 Å². The minimum Gasteiger partial charge on any atom is -0.463 e. The van der Waals surface area contributed by atoms with Gasteiger partial charge >= 0.3 is 0 Å². The van der Waals surface area contributed by atoms with E-state index in [0.717, 1.165) is 38.5 Å². The largest absolute Gasteiger partial charge is 0.463 e. The molecule has 1 fully saturated rings. The van der Waals surface area contributed by atoms with E-state index in [4.69, 9.17) is 4.42 Å². The fraction of sp³-hybridized carbons (Fsp3) is 0.636. The monoisotopic (exact) mass is 392 g/mol. The van der Waals surface area contributed by atoms with Crippen LogP contribution < -0.4 is 0 Å². The molecule has 0 bridgehead atoms. The van der Waals surface area contributed by atoms with E-state index in [9.17, 15) is 15.3 Å². The number of unbranched alkanes of at least 4 members (excludes halogenated alkanes) is 2. The molecule has 1 aliphatic carbocycles. The van der Waals surface area contributed by atoms with E-state index >= 15 is 0 Å². The van der Waals surface area contributed by atoms with Crippen LogP contribution in [0.2, 0.25) is 0 Å². The van der Waals surface area contributed by atoms with Crippen LogP contribution in [0.4, 0.5) is 0 Å². The number of thiophene rings is 1. The van der Waals surface area contributed by atoms with Gasteiger partial charge in [0.05, 0.1) is 12.2 Å². The maximum Gasteiger partial charge on any atom is 0.132 e. The van der Waals surface area contributed by atoms with Gasteiger partial charge in [0, 0.05) is 17.2 Å². The Kier molecular flexibility index (Phi) is 7.53. The Balaban J connectivity index is 1.62. The summed E-state index contributed by atoms with van der Waals surface area (Å²) in [4.78, 5) is 1.36. The summed E-state index contributed by atoms with van der Waals surface area (Å²) in [5.74, 6) is 1.08. The molecule has 0 radical (unpaired) electrons. The minimum atomic E-state index is -0.594. The van der Waals surface area contributed by atoms with Crippen LogP contribution in [0.5, 0.6) is 0 Å². The highest BCUT2D eigenvalue weighted by Crippen LogP contribution is 2.44. The number of hydrogen-bond donors (Lipinski definition) is 3. The highest BCUT2D eigenvalue weighted by Gasteiger charge is 2.43. The first-order valence-electron chi connectivity index (χ1n) is 10.3. The molecule has 2 aromatic rings. The molecule has 3 N–H and O–H groups in total. The average Bonchev–Trinajstić information content (AvgIpc) is 3.37. The predicted octanol–water partition coefficient (Wildman–Crippen LogP) is 4.80. The van der Waals surface area contributed by atoms with Gasteiger partial charge in [0.15, 0.2) is 0 Å². The number of aliphatic hydroxyl groups is 3. The summed E-state index contributed by atoms with van der Waals surface area (Å²) in [6.45, 7) is 2.14. The zero-order chi connectivity index (χ0) is 19.2. The van der Waals surface area contributed by atoms with Gasteiger partial charge in [-0.1, -0.05) is 32.3 Å². The summed E-state index contributed by atoms with van der Waals surface area (Å²) >= 11 is 1.76. The lowest BCUT2D eigenvalue weighted by molar-refractivity contribution is 0.114. The number of hydrogen-bond acceptors (Lipinski definition) is 5. The van der Waals surface area contributed by atoms with Crippen molar-refractivity contribution in [1.29, 1.82) is 0 Å². The van der Waals surface area contributed by atoms with Crippen LogP contribution in [0, 0.1) is 5.92 Å². The lowest BCUT2D eigenvalue weighted by Gasteiger charge is -2.22. The van der Waals surface area contributed by atoms with Gasteiger partial charge in [0.1, 0.15) is 17.6 Å². The molecule has 2 aromatic heterocycles. The Morgan fingerprint density at radius 2 is 2.00 bits per heavy atom. The highest BCUT2D eigenvalue weighted by molar-refractivity contribution is 7.09. The highest BCUT2D eigenvalue weighted by atomic mass is 32.1. The zero-order valence-corrected chi connectivity index (χ0v) is 16.9. The van der Waals surface area contributed by atoms with Crippen molar-refractivity contribution in [2.45, 2.75) is 82.5 Å². The summed E-state index contributed by atoms with van der Waals surface area (Å²) in [7, 11) is 0. The third-order valence-corrected chi connectivity index (χ3v) is 6.72. The molecule has 0 saturated heterocycles. The smallest absolute Gasteiger partial charge is 0.132 e. The summed E-state index contributed by atoms with van der Waals surface area (Å²) in [6.07, 6.45) is 5.44. The molecular weight excluding hydrogens is 360 g/mol. The van der Waals surface area contributed by atoms with Crippen molar-refractivity contribution in [1.82, 2.24) is 0 Å². The maximum atomic E-state index is 10.5. The molecule has 0 spiro atoms. The average molecular weight is 393 g/mol. The Morgan fingerprint density at radius 1 is 1.15 bits per heavy atom. The van der Waals surface area contributed by atoms with Crippen LogP contribution in [0.25, 0.3) is 0 Å². The molecular formula is C22H32O4S. The van der Waals surface area contributed by atoms with E-state index < -0.39 is 18.3 Å². The van der Waals surface area contributed by atoms with Crippen LogP contribution in [-0.2, 0) is 6.42 Å². The molecule has 5 heteroatoms. The Hall–Kier alpha value is -1.14. The standard InChI is InChI=1S/C22H32O4S/c1-2-3-4-10-17(23)20-11-12-21(26-20)22-16(18(24)14-19(22)25)9-5-7-15-8-6-13-27-15/h6,8,11-13,16-19,22-25H,2-5,7,9-10,14H2,1H3/t16?,17?,18-,19-,22?/m1/s1. The first-order valence-corrected chi connectivity index (χ1v) is 11.1. The summed E-state index contributed by atoms with van der Waals surface area (Å²) in [5, 5.41) is 33.4. The van der Waals surface area contributed by atoms with Gasteiger partial charge in [-0.3, -0.25) is 0 Å². The fourth-order valence-electron chi connectivity index (χ4n) is 4.29. The van der Waals surface area contributed by atoms with Gasteiger partial charge in [0.25, 0.3) is 0 Å². The van der Waals surface area contributed by atoms with Gasteiger partial charge in [-0.2, -0.15) is 0 Å². The van der Waals surface area contributed by atoms with Gasteiger partial charge in [-0.15, -0.1) is 11.3 Å². The zero-order valence-electron chi connectivity index (χ0n) is 16.1. The van der Waals surface area contributed by atoms with Crippen molar-refractivity contribution in [3.05, 3.63) is 46.0 Å². The third-order valence-electron chi connectivity index (χ3n) is 5.78. The number of rotatable bonds is 10. The quantitative estimate of drug-likeness (QED) is 0.508. The maximum absolute atomic E-state index is 10.5. The van der Waals surface area contributed by atoms with Crippen molar-refractivity contribution in [3.8, 4) is 0 Å². The second-order valence-electron chi connectivity index (χ2n) is 7.78. The minimum absolute atomic E-state index is 0.00352. The molecule has 1 saturated carbocycles. The van der Waals surface area contributed by atoms with E-state index in [1.54, 1.807) is 11.3 Å². The third kappa shape index (κ3) is 5.23. The van der Waals surface area contributed by atoms with Crippen LogP contribution in [0.1, 0.15) is 80.3 Å². The molecule has 3 rings (SSSR count).